The van der Waals surface area contributed by atoms with Crippen LogP contribution >= 0.6 is 0 Å². The molecule has 3 rings (SSSR count). The van der Waals surface area contributed by atoms with Crippen molar-refractivity contribution in [3.63, 3.8) is 0 Å². The Balaban J connectivity index is 1.91. The average molecular weight is 373 g/mol. The Labute approximate surface area is 153 Å². The van der Waals surface area contributed by atoms with Crippen molar-refractivity contribution < 1.29 is 10.0 Å². The molecule has 2 heterocycles. The van der Waals surface area contributed by atoms with E-state index in [0.717, 1.165) is 11.0 Å². The molecule has 1 unspecified atom stereocenters. The molecule has 3 N–H and O–H groups in total. The van der Waals surface area contributed by atoms with Crippen molar-refractivity contribution in [2.24, 2.45) is 5.10 Å². The van der Waals surface area contributed by atoms with E-state index < -0.39 is 22.1 Å². The van der Waals surface area contributed by atoms with E-state index in [1.807, 2.05) is 6.92 Å². The molecule has 1 aromatic heterocycles. The lowest BCUT2D eigenvalue weighted by molar-refractivity contribution is -0.384. The van der Waals surface area contributed by atoms with Gasteiger partial charge in [-0.25, -0.2) is 4.79 Å². The normalized spacial score (nSPS) is 16.0. The Bertz CT molecular complexity index is 1020. The van der Waals surface area contributed by atoms with Crippen molar-refractivity contribution in [2.75, 3.05) is 0 Å². The minimum absolute atomic E-state index is 0.0449. The van der Waals surface area contributed by atoms with Gasteiger partial charge in [-0.05, 0) is 12.0 Å². The third-order valence-electron chi connectivity index (χ3n) is 4.43. The lowest BCUT2D eigenvalue weighted by atomic mass is 9.99. The van der Waals surface area contributed by atoms with E-state index >= 15 is 0 Å². The quantitative estimate of drug-likeness (QED) is 0.516. The number of aromatic amines is 1. The van der Waals surface area contributed by atoms with Crippen LogP contribution in [-0.2, 0) is 6.54 Å². The highest BCUT2D eigenvalue weighted by Crippen LogP contribution is 2.28. The average Bonchev–Trinajstić information content (AvgIpc) is 3.11. The van der Waals surface area contributed by atoms with Crippen LogP contribution in [0.5, 0.6) is 5.88 Å². The fraction of sp³-hybridized carbons (Fsp3) is 0.353. The molecule has 0 aliphatic carbocycles. The zero-order valence-electron chi connectivity index (χ0n) is 14.6. The van der Waals surface area contributed by atoms with Crippen LogP contribution in [0.2, 0.25) is 0 Å². The number of nitrogens with one attached hydrogen (secondary N) is 2. The van der Waals surface area contributed by atoms with Gasteiger partial charge >= 0.3 is 5.69 Å². The maximum atomic E-state index is 12.2. The van der Waals surface area contributed by atoms with Crippen molar-refractivity contribution in [3.8, 4) is 5.88 Å². The summed E-state index contributed by atoms with van der Waals surface area (Å²) in [5, 5.41) is 25.5. The van der Waals surface area contributed by atoms with Gasteiger partial charge in [0, 0.05) is 25.1 Å². The van der Waals surface area contributed by atoms with Crippen molar-refractivity contribution in [1.82, 2.24) is 15.0 Å². The van der Waals surface area contributed by atoms with Crippen LogP contribution in [0, 0.1) is 10.1 Å². The second kappa shape index (κ2) is 7.44. The Morgan fingerprint density at radius 3 is 2.89 bits per heavy atom. The third-order valence-corrected chi connectivity index (χ3v) is 4.43. The highest BCUT2D eigenvalue weighted by atomic mass is 16.6. The summed E-state index contributed by atoms with van der Waals surface area (Å²) in [4.78, 5) is 36.8. The maximum Gasteiger partial charge on any atom is 0.331 e. The van der Waals surface area contributed by atoms with Crippen LogP contribution < -0.4 is 16.7 Å². The van der Waals surface area contributed by atoms with E-state index in [-0.39, 0.29) is 36.0 Å². The molecule has 0 radical (unpaired) electrons. The zero-order valence-corrected chi connectivity index (χ0v) is 14.6. The van der Waals surface area contributed by atoms with Gasteiger partial charge in [0.05, 0.1) is 16.7 Å². The number of non-ortho nitro benzene ring substituents is 1. The molecule has 1 aliphatic heterocycles. The van der Waals surface area contributed by atoms with Gasteiger partial charge in [-0.3, -0.25) is 24.5 Å². The first-order valence-electron chi connectivity index (χ1n) is 8.55. The number of aromatic nitrogens is 2. The van der Waals surface area contributed by atoms with Crippen molar-refractivity contribution >= 4 is 11.4 Å². The summed E-state index contributed by atoms with van der Waals surface area (Å²) in [5.74, 6) is -0.419. The van der Waals surface area contributed by atoms with E-state index in [1.54, 1.807) is 12.1 Å². The zero-order chi connectivity index (χ0) is 19.6. The van der Waals surface area contributed by atoms with Crippen molar-refractivity contribution in [1.29, 1.82) is 0 Å². The predicted molar refractivity (Wildman–Crippen MR) is 98.0 cm³/mol. The second-order valence-corrected chi connectivity index (χ2v) is 6.26. The smallest absolute Gasteiger partial charge is 0.331 e. The number of unbranched alkanes of at least 4 members (excludes halogenated alkanes) is 1. The van der Waals surface area contributed by atoms with Gasteiger partial charge in [0.25, 0.3) is 11.2 Å². The van der Waals surface area contributed by atoms with Gasteiger partial charge in [0.2, 0.25) is 5.88 Å². The Morgan fingerprint density at radius 2 is 2.19 bits per heavy atom. The summed E-state index contributed by atoms with van der Waals surface area (Å²) >= 11 is 0. The number of H-pyrrole nitrogens is 1. The molecule has 1 aliphatic rings. The summed E-state index contributed by atoms with van der Waals surface area (Å²) in [6.07, 6.45) is 1.72. The molecule has 10 heteroatoms. The van der Waals surface area contributed by atoms with Gasteiger partial charge in [-0.1, -0.05) is 25.5 Å². The van der Waals surface area contributed by atoms with Crippen molar-refractivity contribution in [3.05, 3.63) is 66.3 Å². The molecule has 1 atom stereocenters. The molecular formula is C17H19N5O5. The van der Waals surface area contributed by atoms with E-state index in [2.05, 4.69) is 15.5 Å². The first-order valence-corrected chi connectivity index (χ1v) is 8.55. The molecule has 27 heavy (non-hydrogen) atoms. The number of nitrogens with zero attached hydrogens (tertiary/aromatic N) is 3. The number of nitro benzene ring substituents is 1. The molecule has 0 bridgehead atoms. The second-order valence-electron chi connectivity index (χ2n) is 6.26. The predicted octanol–water partition coefficient (Wildman–Crippen LogP) is 1.39. The largest absolute Gasteiger partial charge is 0.494 e. The molecule has 0 fully saturated rings. The van der Waals surface area contributed by atoms with Crippen LogP contribution in [0.15, 0.2) is 39.0 Å². The van der Waals surface area contributed by atoms with Crippen LogP contribution in [0.25, 0.3) is 0 Å². The van der Waals surface area contributed by atoms with Gasteiger partial charge < -0.3 is 10.5 Å². The van der Waals surface area contributed by atoms with Crippen LogP contribution in [0.4, 0.5) is 5.69 Å². The summed E-state index contributed by atoms with van der Waals surface area (Å²) in [5.41, 5.74) is 2.26. The summed E-state index contributed by atoms with van der Waals surface area (Å²) < 4.78 is 1.11. The van der Waals surface area contributed by atoms with Crippen LogP contribution in [0.3, 0.4) is 0 Å². The lowest BCUT2D eigenvalue weighted by Gasteiger charge is -2.11. The molecular weight excluding hydrogens is 354 g/mol. The molecule has 142 valence electrons. The van der Waals surface area contributed by atoms with E-state index in [1.165, 1.54) is 12.1 Å². The molecule has 0 amide bonds. The van der Waals surface area contributed by atoms with Crippen LogP contribution in [0.1, 0.15) is 43.4 Å². The fourth-order valence-electron chi connectivity index (χ4n) is 2.99. The van der Waals surface area contributed by atoms with Crippen molar-refractivity contribution in [2.45, 2.75) is 38.8 Å². The highest BCUT2D eigenvalue weighted by Gasteiger charge is 2.27. The molecule has 2 aromatic rings. The number of aromatic hydroxyl groups is 1. The first kappa shape index (κ1) is 18.4. The van der Waals surface area contributed by atoms with E-state index in [4.69, 9.17) is 0 Å². The third kappa shape index (κ3) is 3.59. The van der Waals surface area contributed by atoms with Gasteiger partial charge in [0.15, 0.2) is 0 Å². The molecule has 10 nitrogen and oxygen atoms in total. The summed E-state index contributed by atoms with van der Waals surface area (Å²) in [7, 11) is 0. The monoisotopic (exact) mass is 373 g/mol. The number of hydrogen-bond acceptors (Lipinski definition) is 7. The Morgan fingerprint density at radius 1 is 1.41 bits per heavy atom. The van der Waals surface area contributed by atoms with Gasteiger partial charge in [-0.2, -0.15) is 5.10 Å². The van der Waals surface area contributed by atoms with E-state index in [0.29, 0.717) is 12.0 Å². The summed E-state index contributed by atoms with van der Waals surface area (Å²) in [6, 6.07) is 5.73. The fourth-order valence-corrected chi connectivity index (χ4v) is 2.99. The number of rotatable bonds is 6. The van der Waals surface area contributed by atoms with E-state index in [9.17, 15) is 24.8 Å². The van der Waals surface area contributed by atoms with Gasteiger partial charge in [0.1, 0.15) is 5.56 Å². The molecule has 1 aromatic carbocycles. The summed E-state index contributed by atoms with van der Waals surface area (Å²) in [6.45, 7) is 2.23. The number of hydrogen-bond donors (Lipinski definition) is 3. The van der Waals surface area contributed by atoms with Crippen LogP contribution in [-0.4, -0.2) is 25.3 Å². The minimum Gasteiger partial charge on any atom is -0.494 e. The highest BCUT2D eigenvalue weighted by molar-refractivity contribution is 6.03. The minimum atomic E-state index is -0.717. The SMILES string of the molecule is CCCCn1c(O)c(C2=NNC(c3cccc([N+](=O)[O-])c3)C2)c(=O)[nH]c1=O. The molecule has 0 saturated carbocycles. The molecule has 0 saturated heterocycles. The lowest BCUT2D eigenvalue weighted by Crippen LogP contribution is -2.33. The Kier molecular flexibility index (Phi) is 5.06. The maximum absolute atomic E-state index is 12.2. The Hall–Kier alpha value is -3.43. The number of benzene rings is 1. The standard InChI is InChI=1S/C17H19N5O5/c1-2-3-7-21-16(24)14(15(23)18-17(21)25)13-9-12(19-20-13)10-5-4-6-11(8-10)22(26)27/h4-6,8,12,19,24H,2-3,7,9H2,1H3,(H,18,23,25). The van der Waals surface area contributed by atoms with Gasteiger partial charge in [-0.15, -0.1) is 0 Å². The molecule has 0 spiro atoms. The number of nitro groups is 1. The number of hydrazone groups is 1. The first-order chi connectivity index (χ1) is 12.9. The topological polar surface area (TPSA) is 143 Å².